The number of aromatic nitrogens is 1. The molecule has 0 amide bonds. The van der Waals surface area contributed by atoms with Crippen molar-refractivity contribution in [2.75, 3.05) is 11.9 Å². The number of rotatable bonds is 4. The first-order valence-electron chi connectivity index (χ1n) is 6.21. The summed E-state index contributed by atoms with van der Waals surface area (Å²) in [6.07, 6.45) is 4.97. The summed E-state index contributed by atoms with van der Waals surface area (Å²) >= 11 is 0. The minimum Gasteiger partial charge on any atom is -0.478 e. The van der Waals surface area contributed by atoms with E-state index >= 15 is 0 Å². The number of aromatic carboxylic acids is 1. The minimum atomic E-state index is -0.920. The van der Waals surface area contributed by atoms with Crippen molar-refractivity contribution in [3.05, 3.63) is 34.5 Å². The van der Waals surface area contributed by atoms with Crippen LogP contribution < -0.4 is 5.32 Å². The number of nitrogens with one attached hydrogen (secondary N) is 1. The number of fused-ring (bicyclic) bond motifs is 1. The van der Waals surface area contributed by atoms with E-state index in [0.717, 1.165) is 30.5 Å². The highest BCUT2D eigenvalue weighted by Gasteiger charge is 2.19. The van der Waals surface area contributed by atoms with Crippen molar-refractivity contribution in [2.24, 2.45) is 0 Å². The van der Waals surface area contributed by atoms with E-state index in [0.29, 0.717) is 12.4 Å². The van der Waals surface area contributed by atoms with Crippen LogP contribution in [0.2, 0.25) is 0 Å². The maximum atomic E-state index is 11.2. The zero-order valence-corrected chi connectivity index (χ0v) is 10.8. The molecule has 18 heavy (non-hydrogen) atoms. The molecule has 0 spiro atoms. The third-order valence-electron chi connectivity index (χ3n) is 3.06. The van der Waals surface area contributed by atoms with Crippen molar-refractivity contribution < 1.29 is 9.90 Å². The Morgan fingerprint density at radius 2 is 2.28 bits per heavy atom. The lowest BCUT2D eigenvalue weighted by Gasteiger charge is -2.09. The van der Waals surface area contributed by atoms with E-state index in [4.69, 9.17) is 0 Å². The zero-order chi connectivity index (χ0) is 13.1. The Kier molecular flexibility index (Phi) is 3.65. The molecule has 1 aromatic rings. The average Bonchev–Trinajstić information content (AvgIpc) is 2.74. The molecule has 0 saturated carbocycles. The van der Waals surface area contributed by atoms with Gasteiger partial charge in [0, 0.05) is 12.2 Å². The van der Waals surface area contributed by atoms with Crippen molar-refractivity contribution in [2.45, 2.75) is 33.1 Å². The Morgan fingerprint density at radius 3 is 2.94 bits per heavy atom. The number of aryl methyl sites for hydroxylation is 2. The SMILES string of the molecule is CC(C)=CCNc1nc2c(cc1C(=O)O)CCC2. The topological polar surface area (TPSA) is 62.2 Å². The first-order chi connectivity index (χ1) is 8.58. The molecule has 0 bridgehead atoms. The largest absolute Gasteiger partial charge is 0.478 e. The highest BCUT2D eigenvalue weighted by Crippen LogP contribution is 2.25. The quantitative estimate of drug-likeness (QED) is 0.802. The van der Waals surface area contributed by atoms with E-state index in [-0.39, 0.29) is 5.56 Å². The van der Waals surface area contributed by atoms with Crippen molar-refractivity contribution in [3.8, 4) is 0 Å². The zero-order valence-electron chi connectivity index (χ0n) is 10.8. The highest BCUT2D eigenvalue weighted by atomic mass is 16.4. The predicted octanol–water partition coefficient (Wildman–Crippen LogP) is 2.65. The molecule has 0 saturated heterocycles. The van der Waals surface area contributed by atoms with Gasteiger partial charge in [-0.1, -0.05) is 11.6 Å². The van der Waals surface area contributed by atoms with Gasteiger partial charge in [0.05, 0.1) is 0 Å². The third-order valence-corrected chi connectivity index (χ3v) is 3.06. The van der Waals surface area contributed by atoms with E-state index in [1.807, 2.05) is 19.9 Å². The summed E-state index contributed by atoms with van der Waals surface area (Å²) in [5.41, 5.74) is 3.60. The maximum Gasteiger partial charge on any atom is 0.339 e. The summed E-state index contributed by atoms with van der Waals surface area (Å²) in [5.74, 6) is -0.433. The fourth-order valence-electron chi connectivity index (χ4n) is 2.12. The van der Waals surface area contributed by atoms with Gasteiger partial charge in [-0.2, -0.15) is 0 Å². The van der Waals surface area contributed by atoms with Crippen molar-refractivity contribution in [1.82, 2.24) is 4.98 Å². The molecule has 0 unspecified atom stereocenters. The van der Waals surface area contributed by atoms with E-state index in [9.17, 15) is 9.90 Å². The first kappa shape index (κ1) is 12.6. The summed E-state index contributed by atoms with van der Waals surface area (Å²) < 4.78 is 0. The number of hydrogen-bond donors (Lipinski definition) is 2. The Balaban J connectivity index is 2.27. The molecule has 1 aliphatic carbocycles. The minimum absolute atomic E-state index is 0.276. The van der Waals surface area contributed by atoms with E-state index in [1.54, 1.807) is 6.07 Å². The predicted molar refractivity (Wildman–Crippen MR) is 71.1 cm³/mol. The van der Waals surface area contributed by atoms with Crippen LogP contribution in [0.15, 0.2) is 17.7 Å². The van der Waals surface area contributed by atoms with Crippen LogP contribution in [0.1, 0.15) is 41.9 Å². The number of allylic oxidation sites excluding steroid dienone is 1. The van der Waals surface area contributed by atoms with Crippen molar-refractivity contribution >= 4 is 11.8 Å². The second-order valence-electron chi connectivity index (χ2n) is 4.81. The van der Waals surface area contributed by atoms with Crippen LogP contribution in [0.5, 0.6) is 0 Å². The Bertz CT molecular complexity index is 503. The molecule has 0 fully saturated rings. The molecule has 0 aromatic carbocycles. The lowest BCUT2D eigenvalue weighted by molar-refractivity contribution is 0.0697. The van der Waals surface area contributed by atoms with Gasteiger partial charge in [0.1, 0.15) is 11.4 Å². The Labute approximate surface area is 107 Å². The van der Waals surface area contributed by atoms with Crippen LogP contribution in [0.3, 0.4) is 0 Å². The molecule has 1 aliphatic rings. The average molecular weight is 246 g/mol. The summed E-state index contributed by atoms with van der Waals surface area (Å²) in [4.78, 5) is 15.7. The molecular weight excluding hydrogens is 228 g/mol. The Hall–Kier alpha value is -1.84. The number of carboxylic acid groups (broad SMARTS) is 1. The highest BCUT2D eigenvalue weighted by molar-refractivity contribution is 5.93. The molecule has 96 valence electrons. The fraction of sp³-hybridized carbons (Fsp3) is 0.429. The normalized spacial score (nSPS) is 13.0. The van der Waals surface area contributed by atoms with Crippen molar-refractivity contribution in [1.29, 1.82) is 0 Å². The number of pyridine rings is 1. The number of nitrogens with zero attached hydrogens (tertiary/aromatic N) is 1. The molecule has 1 heterocycles. The van der Waals surface area contributed by atoms with E-state index < -0.39 is 5.97 Å². The second kappa shape index (κ2) is 5.21. The summed E-state index contributed by atoms with van der Waals surface area (Å²) in [7, 11) is 0. The third kappa shape index (κ3) is 2.70. The van der Waals surface area contributed by atoms with Gasteiger partial charge in [0.25, 0.3) is 0 Å². The van der Waals surface area contributed by atoms with Crippen LogP contribution in [-0.4, -0.2) is 22.6 Å². The molecule has 0 aliphatic heterocycles. The molecule has 4 nitrogen and oxygen atoms in total. The Morgan fingerprint density at radius 1 is 1.50 bits per heavy atom. The number of carboxylic acids is 1. The van der Waals surface area contributed by atoms with E-state index in [1.165, 1.54) is 5.57 Å². The molecule has 2 N–H and O–H groups in total. The number of hydrogen-bond acceptors (Lipinski definition) is 3. The smallest absolute Gasteiger partial charge is 0.339 e. The van der Waals surface area contributed by atoms with Crippen LogP contribution >= 0.6 is 0 Å². The van der Waals surface area contributed by atoms with Crippen LogP contribution in [0.25, 0.3) is 0 Å². The van der Waals surface area contributed by atoms with Gasteiger partial charge < -0.3 is 10.4 Å². The number of carbonyl (C=O) groups is 1. The summed E-state index contributed by atoms with van der Waals surface area (Å²) in [5, 5.41) is 12.3. The fourth-order valence-corrected chi connectivity index (χ4v) is 2.12. The van der Waals surface area contributed by atoms with Crippen LogP contribution in [0, 0.1) is 0 Å². The standard InChI is InChI=1S/C14H18N2O2/c1-9(2)6-7-15-13-11(14(17)18)8-10-4-3-5-12(10)16-13/h6,8H,3-5,7H2,1-2H3,(H,15,16)(H,17,18). The van der Waals surface area contributed by atoms with Gasteiger partial charge in [0.2, 0.25) is 0 Å². The second-order valence-corrected chi connectivity index (χ2v) is 4.81. The van der Waals surface area contributed by atoms with Gasteiger partial charge in [-0.15, -0.1) is 0 Å². The molecule has 0 radical (unpaired) electrons. The first-order valence-corrected chi connectivity index (χ1v) is 6.21. The van der Waals surface area contributed by atoms with Crippen LogP contribution in [-0.2, 0) is 12.8 Å². The van der Waals surface area contributed by atoms with E-state index in [2.05, 4.69) is 10.3 Å². The van der Waals surface area contributed by atoms with Gasteiger partial charge in [-0.05, 0) is 44.7 Å². The molecular formula is C14H18N2O2. The van der Waals surface area contributed by atoms with Gasteiger partial charge in [-0.25, -0.2) is 9.78 Å². The molecule has 1 aromatic heterocycles. The molecule has 4 heteroatoms. The van der Waals surface area contributed by atoms with Crippen LogP contribution in [0.4, 0.5) is 5.82 Å². The summed E-state index contributed by atoms with van der Waals surface area (Å²) in [6.45, 7) is 4.63. The molecule has 2 rings (SSSR count). The maximum absolute atomic E-state index is 11.2. The molecule has 0 atom stereocenters. The number of anilines is 1. The van der Waals surface area contributed by atoms with Crippen molar-refractivity contribution in [3.63, 3.8) is 0 Å². The monoisotopic (exact) mass is 246 g/mol. The lowest BCUT2D eigenvalue weighted by Crippen LogP contribution is -2.10. The van der Waals surface area contributed by atoms with Gasteiger partial charge in [0.15, 0.2) is 0 Å². The summed E-state index contributed by atoms with van der Waals surface area (Å²) in [6, 6.07) is 1.77. The van der Waals surface area contributed by atoms with Gasteiger partial charge in [-0.3, -0.25) is 0 Å². The lowest BCUT2D eigenvalue weighted by atomic mass is 10.1. The van der Waals surface area contributed by atoms with Gasteiger partial charge >= 0.3 is 5.97 Å².